The van der Waals surface area contributed by atoms with Crippen molar-refractivity contribution in [2.75, 3.05) is 6.61 Å². The first-order chi connectivity index (χ1) is 29.2. The van der Waals surface area contributed by atoms with Gasteiger partial charge < -0.3 is 53.8 Å². The summed E-state index contributed by atoms with van der Waals surface area (Å²) in [6.45, 7) is 21.9. The van der Waals surface area contributed by atoms with Gasteiger partial charge in [0.05, 0.1) is 30.4 Å². The topological polar surface area (TPSA) is 223 Å². The van der Waals surface area contributed by atoms with Crippen LogP contribution in [-0.2, 0) is 47.5 Å². The molecule has 1 aliphatic heterocycles. The normalized spacial score (nSPS) is 32.6. The van der Waals surface area contributed by atoms with E-state index < -0.39 is 125 Å². The van der Waals surface area contributed by atoms with Gasteiger partial charge in [-0.25, -0.2) is 14.4 Å². The highest BCUT2D eigenvalue weighted by Crippen LogP contribution is 2.63. The largest absolute Gasteiger partial charge is 0.462 e. The number of fused-ring (bicyclic) bond motifs is 4. The molecule has 0 radical (unpaired) electrons. The lowest BCUT2D eigenvalue weighted by Crippen LogP contribution is -2.70. The Hall–Kier alpha value is -4.35. The fourth-order valence-corrected chi connectivity index (χ4v) is 10.3. The lowest BCUT2D eigenvalue weighted by Gasteiger charge is -2.61. The molecule has 63 heavy (non-hydrogen) atoms. The predicted octanol–water partition coefficient (Wildman–Crippen LogP) is 5.10. The van der Waals surface area contributed by atoms with Crippen LogP contribution in [0.1, 0.15) is 112 Å². The van der Waals surface area contributed by atoms with E-state index in [2.05, 4.69) is 11.9 Å². The van der Waals surface area contributed by atoms with Crippen molar-refractivity contribution >= 4 is 30.0 Å². The van der Waals surface area contributed by atoms with Gasteiger partial charge in [0.15, 0.2) is 12.4 Å². The lowest BCUT2D eigenvalue weighted by atomic mass is 9.49. The minimum atomic E-state index is -2.23. The van der Waals surface area contributed by atoms with Crippen LogP contribution in [0.2, 0.25) is 0 Å². The van der Waals surface area contributed by atoms with Crippen molar-refractivity contribution in [3.63, 3.8) is 0 Å². The third-order valence-corrected chi connectivity index (χ3v) is 13.3. The van der Waals surface area contributed by atoms with Crippen molar-refractivity contribution in [2.45, 2.75) is 168 Å². The molecule has 350 valence electrons. The Morgan fingerprint density at radius 3 is 2.13 bits per heavy atom. The fraction of sp³-hybridized carbons (Fsp3) is 0.681. The van der Waals surface area contributed by atoms with Crippen LogP contribution in [0.4, 0.5) is 4.79 Å². The second-order valence-corrected chi connectivity index (χ2v) is 19.7. The van der Waals surface area contributed by atoms with E-state index >= 15 is 0 Å². The second kappa shape index (κ2) is 19.0. The third-order valence-electron chi connectivity index (χ3n) is 13.3. The summed E-state index contributed by atoms with van der Waals surface area (Å²) in [5.41, 5.74) is -5.01. The number of alkyl carbamates (subject to hydrolysis) is 1. The SMILES string of the molecule is C=CC(O)OC1CC2OCC2[C@H](OC(C)=O)C2C(OC(=O)c3ccccc3)C3(O)C[C@H](OC(=O)[C@H](O)[C@H](CC(C)C)NC(=O)OC(C)(C)C)C(C)=C(C(OC(C)=O)CC12C)C3(C)C. The Labute approximate surface area is 370 Å². The molecule has 13 atom stereocenters. The number of esters is 4. The number of carbonyl (C=O) groups is 5. The van der Waals surface area contributed by atoms with E-state index in [-0.39, 0.29) is 37.4 Å². The van der Waals surface area contributed by atoms with Gasteiger partial charge in [-0.05, 0) is 75.8 Å². The van der Waals surface area contributed by atoms with Crippen LogP contribution in [0, 0.1) is 28.6 Å². The first kappa shape index (κ1) is 49.7. The van der Waals surface area contributed by atoms with Crippen molar-refractivity contribution < 1.29 is 72.5 Å². The van der Waals surface area contributed by atoms with Crippen LogP contribution in [0.3, 0.4) is 0 Å². The summed E-state index contributed by atoms with van der Waals surface area (Å²) in [6, 6.07) is 7.00. The summed E-state index contributed by atoms with van der Waals surface area (Å²) < 4.78 is 43.0. The van der Waals surface area contributed by atoms with E-state index in [0.29, 0.717) is 11.1 Å². The first-order valence-electron chi connectivity index (χ1n) is 21.7. The van der Waals surface area contributed by atoms with Gasteiger partial charge in [0.1, 0.15) is 35.6 Å². The van der Waals surface area contributed by atoms with Crippen molar-refractivity contribution in [3.8, 4) is 0 Å². The van der Waals surface area contributed by atoms with Crippen LogP contribution in [0.25, 0.3) is 0 Å². The van der Waals surface area contributed by atoms with Crippen molar-refractivity contribution in [1.29, 1.82) is 0 Å². The number of hydrogen-bond donors (Lipinski definition) is 4. The number of rotatable bonds is 13. The second-order valence-electron chi connectivity index (χ2n) is 19.7. The summed E-state index contributed by atoms with van der Waals surface area (Å²) in [5.74, 6) is -5.03. The molecule has 3 aliphatic carbocycles. The van der Waals surface area contributed by atoms with Gasteiger partial charge in [-0.1, -0.05) is 59.4 Å². The number of aliphatic hydroxyl groups excluding tert-OH is 2. The maximum Gasteiger partial charge on any atom is 0.407 e. The van der Waals surface area contributed by atoms with Gasteiger partial charge in [-0.2, -0.15) is 0 Å². The van der Waals surface area contributed by atoms with E-state index in [0.717, 1.165) is 0 Å². The Kier molecular flexibility index (Phi) is 15.0. The first-order valence-corrected chi connectivity index (χ1v) is 21.7. The molecule has 2 saturated carbocycles. The van der Waals surface area contributed by atoms with Gasteiger partial charge >= 0.3 is 30.0 Å². The van der Waals surface area contributed by atoms with Crippen LogP contribution in [0.5, 0.6) is 0 Å². The monoisotopic (exact) mass is 885 g/mol. The van der Waals surface area contributed by atoms with E-state index in [1.807, 2.05) is 13.8 Å². The van der Waals surface area contributed by atoms with E-state index in [1.54, 1.807) is 78.8 Å². The highest BCUT2D eigenvalue weighted by Gasteiger charge is 2.70. The Balaban J connectivity index is 1.74. The summed E-state index contributed by atoms with van der Waals surface area (Å²) >= 11 is 0. The standard InChI is InChI=1S/C47H67NO15/c1-13-35(51)61-34-20-31-29(23-57-31)39(59-27(6)50)37-40(62-41(53)28-17-15-14-16-18-28)47(56)22-32(25(4)36(45(47,10)11)33(58-26(5)49)21-46(34,37)12)60-42(54)38(52)30(19-24(2)3)48-43(55)63-44(7,8)9/h13-18,24,29-35,37-40,51-52,56H,1,19-23H2,2-12H3,(H,48,55)/t29?,30-,31?,32-,33?,34?,35?,37?,38+,39-,40?,46?,47?/m0/s1. The van der Waals surface area contributed by atoms with Crippen molar-refractivity contribution in [2.24, 2.45) is 28.6 Å². The number of hydrogen-bond acceptors (Lipinski definition) is 15. The molecule has 0 spiro atoms. The average Bonchev–Trinajstić information content (AvgIpc) is 3.20. The molecule has 1 saturated heterocycles. The highest BCUT2D eigenvalue weighted by atomic mass is 16.6. The van der Waals surface area contributed by atoms with Crippen LogP contribution in [-0.4, -0.2) is 118 Å². The fourth-order valence-electron chi connectivity index (χ4n) is 10.3. The van der Waals surface area contributed by atoms with Gasteiger partial charge in [-0.15, -0.1) is 0 Å². The molecule has 1 aromatic carbocycles. The number of nitrogens with one attached hydrogen (secondary N) is 1. The number of benzene rings is 1. The Morgan fingerprint density at radius 1 is 0.952 bits per heavy atom. The van der Waals surface area contributed by atoms with Gasteiger partial charge in [0.25, 0.3) is 0 Å². The maximum atomic E-state index is 14.5. The molecule has 16 heteroatoms. The molecular formula is C47H67NO15. The molecule has 1 aromatic rings. The number of amides is 1. The minimum absolute atomic E-state index is 0.0892. The quantitative estimate of drug-likeness (QED) is 0.0876. The van der Waals surface area contributed by atoms with Gasteiger partial charge in [0.2, 0.25) is 0 Å². The van der Waals surface area contributed by atoms with Crippen LogP contribution in [0.15, 0.2) is 54.1 Å². The Bertz CT molecular complexity index is 1910. The molecule has 4 N–H and O–H groups in total. The molecule has 0 aromatic heterocycles. The zero-order valence-corrected chi connectivity index (χ0v) is 38.4. The molecule has 9 unspecified atom stereocenters. The van der Waals surface area contributed by atoms with Crippen LogP contribution < -0.4 is 5.32 Å². The molecule has 1 amide bonds. The number of ether oxygens (including phenoxy) is 7. The van der Waals surface area contributed by atoms with E-state index in [4.69, 9.17) is 33.2 Å². The minimum Gasteiger partial charge on any atom is -0.462 e. The zero-order valence-electron chi connectivity index (χ0n) is 38.4. The predicted molar refractivity (Wildman–Crippen MR) is 226 cm³/mol. The summed E-state index contributed by atoms with van der Waals surface area (Å²) in [4.78, 5) is 67.9. The smallest absolute Gasteiger partial charge is 0.407 e. The molecule has 5 rings (SSSR count). The maximum absolute atomic E-state index is 14.5. The van der Waals surface area contributed by atoms with Crippen LogP contribution >= 0.6 is 0 Å². The molecule has 1 heterocycles. The molecule has 3 fully saturated rings. The number of aliphatic hydroxyl groups is 3. The van der Waals surface area contributed by atoms with Gasteiger partial charge in [0, 0.05) is 49.4 Å². The molecule has 4 aliphatic rings. The summed E-state index contributed by atoms with van der Waals surface area (Å²) in [5, 5.41) is 39.0. The van der Waals surface area contributed by atoms with E-state index in [1.165, 1.54) is 19.9 Å². The zero-order chi connectivity index (χ0) is 47.0. The Morgan fingerprint density at radius 2 is 1.59 bits per heavy atom. The summed E-state index contributed by atoms with van der Waals surface area (Å²) in [7, 11) is 0. The van der Waals surface area contributed by atoms with Crippen molar-refractivity contribution in [1.82, 2.24) is 5.32 Å². The highest BCUT2D eigenvalue weighted by molar-refractivity contribution is 5.89. The molecular weight excluding hydrogens is 819 g/mol. The summed E-state index contributed by atoms with van der Waals surface area (Å²) in [6.07, 6.45) is -9.93. The van der Waals surface area contributed by atoms with Gasteiger partial charge in [-0.3, -0.25) is 9.59 Å². The number of carbonyl (C=O) groups excluding carboxylic acids is 5. The average molecular weight is 886 g/mol. The third kappa shape index (κ3) is 10.5. The van der Waals surface area contributed by atoms with E-state index in [9.17, 15) is 39.3 Å². The molecule has 2 bridgehead atoms. The van der Waals surface area contributed by atoms with Crippen molar-refractivity contribution in [3.05, 3.63) is 59.7 Å². The molecule has 16 nitrogen and oxygen atoms in total. The lowest BCUT2D eigenvalue weighted by molar-refractivity contribution is -0.252.